The molecule has 0 radical (unpaired) electrons. The summed E-state index contributed by atoms with van der Waals surface area (Å²) in [7, 11) is 0. The molecular weight excluding hydrogens is 252 g/mol. The number of hydrogen-bond donors (Lipinski definition) is 5. The first-order valence-corrected chi connectivity index (χ1v) is 5.81. The van der Waals surface area contributed by atoms with E-state index >= 15 is 0 Å². The van der Waals surface area contributed by atoms with E-state index in [1.807, 2.05) is 0 Å². The van der Waals surface area contributed by atoms with E-state index in [9.17, 15) is 20.1 Å². The highest BCUT2D eigenvalue weighted by Crippen LogP contribution is 2.18. The van der Waals surface area contributed by atoms with Crippen LogP contribution in [0, 0.1) is 0 Å². The molecule has 1 aliphatic heterocycles. The van der Waals surface area contributed by atoms with Gasteiger partial charge in [0.1, 0.15) is 18.3 Å². The molecule has 0 aromatic heterocycles. The van der Waals surface area contributed by atoms with Gasteiger partial charge in [-0.2, -0.15) is 0 Å². The van der Waals surface area contributed by atoms with E-state index in [0.29, 0.717) is 11.3 Å². The number of primary amides is 1. The average Bonchev–Trinajstić information content (AvgIpc) is 2.40. The molecule has 2 rings (SSSR count). The maximum Gasteiger partial charge on any atom is 0.248 e. The number of nitrogens with two attached hydrogens (primary N) is 1. The van der Waals surface area contributed by atoms with Crippen LogP contribution in [0.5, 0.6) is 0 Å². The van der Waals surface area contributed by atoms with Gasteiger partial charge in [-0.05, 0) is 24.3 Å². The van der Waals surface area contributed by atoms with Crippen molar-refractivity contribution in [3.8, 4) is 0 Å². The summed E-state index contributed by atoms with van der Waals surface area (Å²) in [5.74, 6) is -0.529. The van der Waals surface area contributed by atoms with E-state index in [2.05, 4.69) is 5.32 Å². The van der Waals surface area contributed by atoms with Gasteiger partial charge in [0.25, 0.3) is 0 Å². The molecule has 104 valence electrons. The number of aliphatic hydroxyl groups is 3. The Morgan fingerprint density at radius 2 is 1.84 bits per heavy atom. The fraction of sp³-hybridized carbons (Fsp3) is 0.417. The number of aliphatic hydroxyl groups excluding tert-OH is 3. The van der Waals surface area contributed by atoms with Crippen molar-refractivity contribution >= 4 is 11.6 Å². The van der Waals surface area contributed by atoms with E-state index in [1.54, 1.807) is 12.1 Å². The summed E-state index contributed by atoms with van der Waals surface area (Å²) in [5.41, 5.74) is 6.08. The third-order valence-electron chi connectivity index (χ3n) is 2.98. The van der Waals surface area contributed by atoms with Crippen LogP contribution in [0.3, 0.4) is 0 Å². The second-order valence-electron chi connectivity index (χ2n) is 4.39. The van der Waals surface area contributed by atoms with Crippen molar-refractivity contribution in [1.82, 2.24) is 0 Å². The van der Waals surface area contributed by atoms with Crippen LogP contribution in [0.1, 0.15) is 10.4 Å². The number of ether oxygens (including phenoxy) is 1. The Morgan fingerprint density at radius 3 is 2.42 bits per heavy atom. The normalized spacial score (nSPS) is 30.9. The highest BCUT2D eigenvalue weighted by molar-refractivity contribution is 5.93. The minimum Gasteiger partial charge on any atom is -0.388 e. The number of anilines is 1. The molecule has 1 aliphatic rings. The van der Waals surface area contributed by atoms with Crippen LogP contribution in [0.15, 0.2) is 24.3 Å². The maximum atomic E-state index is 10.9. The highest BCUT2D eigenvalue weighted by atomic mass is 16.5. The van der Waals surface area contributed by atoms with Crippen molar-refractivity contribution in [3.05, 3.63) is 29.8 Å². The molecule has 6 N–H and O–H groups in total. The van der Waals surface area contributed by atoms with Crippen molar-refractivity contribution < 1.29 is 24.9 Å². The van der Waals surface area contributed by atoms with Gasteiger partial charge in [0.05, 0.1) is 6.61 Å². The second-order valence-corrected chi connectivity index (χ2v) is 4.39. The third kappa shape index (κ3) is 3.02. The van der Waals surface area contributed by atoms with Gasteiger partial charge in [-0.1, -0.05) is 0 Å². The van der Waals surface area contributed by atoms with Crippen LogP contribution in [-0.4, -0.2) is 52.4 Å². The highest BCUT2D eigenvalue weighted by Gasteiger charge is 2.37. The van der Waals surface area contributed by atoms with Crippen LogP contribution < -0.4 is 11.1 Å². The zero-order valence-electron chi connectivity index (χ0n) is 10.1. The lowest BCUT2D eigenvalue weighted by atomic mass is 10.0. The van der Waals surface area contributed by atoms with Gasteiger partial charge in [0.15, 0.2) is 6.23 Å². The molecule has 1 saturated heterocycles. The molecule has 1 heterocycles. The predicted octanol–water partition coefficient (Wildman–Crippen LogP) is -1.36. The smallest absolute Gasteiger partial charge is 0.248 e. The minimum atomic E-state index is -1.27. The molecule has 0 saturated carbocycles. The van der Waals surface area contributed by atoms with E-state index in [1.165, 1.54) is 12.1 Å². The minimum absolute atomic E-state index is 0.0741. The average molecular weight is 268 g/mol. The fourth-order valence-corrected chi connectivity index (χ4v) is 1.83. The van der Waals surface area contributed by atoms with Crippen molar-refractivity contribution in [2.75, 3.05) is 11.9 Å². The zero-order chi connectivity index (χ0) is 14.0. The summed E-state index contributed by atoms with van der Waals surface area (Å²) in [6.07, 6.45) is -4.46. The molecular formula is C12H16N2O5. The Bertz CT molecular complexity index is 450. The van der Waals surface area contributed by atoms with Crippen LogP contribution in [0.25, 0.3) is 0 Å². The second kappa shape index (κ2) is 5.54. The lowest BCUT2D eigenvalue weighted by Crippen LogP contribution is -2.55. The number of benzene rings is 1. The first-order valence-electron chi connectivity index (χ1n) is 5.81. The molecule has 0 spiro atoms. The summed E-state index contributed by atoms with van der Waals surface area (Å²) in [6, 6.07) is 6.28. The van der Waals surface area contributed by atoms with E-state index < -0.39 is 30.4 Å². The fourth-order valence-electron chi connectivity index (χ4n) is 1.83. The third-order valence-corrected chi connectivity index (χ3v) is 2.98. The monoisotopic (exact) mass is 268 g/mol. The molecule has 19 heavy (non-hydrogen) atoms. The van der Waals surface area contributed by atoms with Crippen molar-refractivity contribution in [2.24, 2.45) is 5.73 Å². The van der Waals surface area contributed by atoms with Gasteiger partial charge in [-0.3, -0.25) is 4.79 Å². The Labute approximate surface area is 109 Å². The van der Waals surface area contributed by atoms with Crippen molar-refractivity contribution in [1.29, 1.82) is 0 Å². The molecule has 1 amide bonds. The van der Waals surface area contributed by atoms with Gasteiger partial charge < -0.3 is 31.1 Å². The molecule has 0 aliphatic carbocycles. The molecule has 1 fully saturated rings. The van der Waals surface area contributed by atoms with Crippen molar-refractivity contribution in [3.63, 3.8) is 0 Å². The number of nitrogens with one attached hydrogen (secondary N) is 1. The molecule has 7 nitrogen and oxygen atoms in total. The number of carbonyl (C=O) groups is 1. The lowest BCUT2D eigenvalue weighted by Gasteiger charge is -2.35. The summed E-state index contributed by atoms with van der Waals surface area (Å²) >= 11 is 0. The Balaban J connectivity index is 2.03. The summed E-state index contributed by atoms with van der Waals surface area (Å²) in [5, 5.41) is 31.4. The Morgan fingerprint density at radius 1 is 1.21 bits per heavy atom. The SMILES string of the molecule is NC(=O)c1ccc(NC2OC[C@@H](O)[C@H](O)[C@H]2O)cc1. The molecule has 1 aromatic carbocycles. The van der Waals surface area contributed by atoms with Crippen LogP contribution >= 0.6 is 0 Å². The molecule has 1 aromatic rings. The number of rotatable bonds is 3. The molecule has 4 atom stereocenters. The van der Waals surface area contributed by atoms with Gasteiger partial charge >= 0.3 is 0 Å². The van der Waals surface area contributed by atoms with Crippen LogP contribution in [-0.2, 0) is 4.74 Å². The van der Waals surface area contributed by atoms with E-state index in [0.717, 1.165) is 0 Å². The van der Waals surface area contributed by atoms with Gasteiger partial charge in [0.2, 0.25) is 5.91 Å². The summed E-state index contributed by atoms with van der Waals surface area (Å²) in [4.78, 5) is 10.9. The van der Waals surface area contributed by atoms with Crippen LogP contribution in [0.4, 0.5) is 5.69 Å². The lowest BCUT2D eigenvalue weighted by molar-refractivity contribution is -0.178. The maximum absolute atomic E-state index is 10.9. The zero-order valence-corrected chi connectivity index (χ0v) is 10.1. The standard InChI is InChI=1S/C12H16N2O5/c13-11(18)6-1-3-7(4-2-6)14-12-10(17)9(16)8(15)5-19-12/h1-4,8-10,12,14-17H,5H2,(H2,13,18)/t8-,9+,10-,12?/m1/s1. The van der Waals surface area contributed by atoms with E-state index in [4.69, 9.17) is 10.5 Å². The first kappa shape index (κ1) is 13.8. The quantitative estimate of drug-likeness (QED) is 0.461. The molecule has 1 unspecified atom stereocenters. The Hall–Kier alpha value is -1.67. The predicted molar refractivity (Wildman–Crippen MR) is 66.3 cm³/mol. The number of amides is 1. The number of carbonyl (C=O) groups excluding carboxylic acids is 1. The summed E-state index contributed by atoms with van der Waals surface area (Å²) < 4.78 is 5.19. The Kier molecular flexibility index (Phi) is 4.01. The van der Waals surface area contributed by atoms with Gasteiger partial charge in [-0.25, -0.2) is 0 Å². The number of hydrogen-bond acceptors (Lipinski definition) is 6. The van der Waals surface area contributed by atoms with Gasteiger partial charge in [-0.15, -0.1) is 0 Å². The van der Waals surface area contributed by atoms with Gasteiger partial charge in [0, 0.05) is 11.3 Å². The first-order chi connectivity index (χ1) is 8.99. The van der Waals surface area contributed by atoms with Crippen LogP contribution in [0.2, 0.25) is 0 Å². The topological polar surface area (TPSA) is 125 Å². The molecule has 0 bridgehead atoms. The largest absolute Gasteiger partial charge is 0.388 e. The van der Waals surface area contributed by atoms with E-state index in [-0.39, 0.29) is 6.61 Å². The molecule has 7 heteroatoms. The summed E-state index contributed by atoms with van der Waals surface area (Å²) in [6.45, 7) is -0.0741. The van der Waals surface area contributed by atoms with Crippen molar-refractivity contribution in [2.45, 2.75) is 24.5 Å².